The topological polar surface area (TPSA) is 70.4 Å². The van der Waals surface area contributed by atoms with Crippen molar-refractivity contribution in [3.63, 3.8) is 0 Å². The average molecular weight is 405 g/mol. The van der Waals surface area contributed by atoms with Crippen molar-refractivity contribution >= 4 is 17.5 Å². The zero-order valence-electron chi connectivity index (χ0n) is 16.5. The summed E-state index contributed by atoms with van der Waals surface area (Å²) in [4.78, 5) is 14.8. The fourth-order valence-corrected chi connectivity index (χ4v) is 3.66. The molecule has 2 aromatic carbocycles. The van der Waals surface area contributed by atoms with Gasteiger partial charge in [-0.2, -0.15) is 0 Å². The molecule has 0 saturated heterocycles. The zero-order chi connectivity index (χ0) is 20.7. The number of nitrogens with zero attached hydrogens (tertiary/aromatic N) is 1. The van der Waals surface area contributed by atoms with Crippen molar-refractivity contribution in [1.82, 2.24) is 0 Å². The summed E-state index contributed by atoms with van der Waals surface area (Å²) in [6, 6.07) is 12.7. The standard InChI is InChI=1S/C23H19NO6/c1-26-14-5-7-18(20(10-14)27-2)24-12-17-19(29-13-24)8-6-16-22(25)21(30-23(16)17)11-15-4-3-9-28-15/h3-11H,12-13H2,1-2H3/b21-11-. The van der Waals surface area contributed by atoms with Crippen molar-refractivity contribution in [2.75, 3.05) is 25.9 Å². The Balaban J connectivity index is 1.50. The van der Waals surface area contributed by atoms with Gasteiger partial charge in [-0.15, -0.1) is 0 Å². The molecule has 0 atom stereocenters. The Morgan fingerprint density at radius 2 is 2.00 bits per heavy atom. The van der Waals surface area contributed by atoms with Crippen LogP contribution in [0.3, 0.4) is 0 Å². The van der Waals surface area contributed by atoms with Crippen molar-refractivity contribution in [2.45, 2.75) is 6.54 Å². The molecular weight excluding hydrogens is 386 g/mol. The van der Waals surface area contributed by atoms with Gasteiger partial charge in [-0.3, -0.25) is 4.79 Å². The number of benzene rings is 2. The van der Waals surface area contributed by atoms with Gasteiger partial charge in [-0.25, -0.2) is 0 Å². The molecule has 7 nitrogen and oxygen atoms in total. The van der Waals surface area contributed by atoms with E-state index in [9.17, 15) is 4.79 Å². The molecule has 2 aliphatic rings. The Bertz CT molecular complexity index is 1150. The minimum Gasteiger partial charge on any atom is -0.497 e. The third kappa shape index (κ3) is 2.95. The van der Waals surface area contributed by atoms with Crippen LogP contribution in [0.5, 0.6) is 23.0 Å². The van der Waals surface area contributed by atoms with E-state index in [0.29, 0.717) is 47.6 Å². The lowest BCUT2D eigenvalue weighted by Gasteiger charge is -2.32. The lowest BCUT2D eigenvalue weighted by atomic mass is 10.0. The number of carbonyl (C=O) groups is 1. The van der Waals surface area contributed by atoms with Gasteiger partial charge >= 0.3 is 0 Å². The highest BCUT2D eigenvalue weighted by Crippen LogP contribution is 2.44. The zero-order valence-corrected chi connectivity index (χ0v) is 16.5. The number of methoxy groups -OCH3 is 2. The number of fused-ring (bicyclic) bond motifs is 3. The smallest absolute Gasteiger partial charge is 0.232 e. The van der Waals surface area contributed by atoms with Crippen LogP contribution in [0.2, 0.25) is 0 Å². The van der Waals surface area contributed by atoms with E-state index in [1.165, 1.54) is 0 Å². The number of ketones is 1. The van der Waals surface area contributed by atoms with Crippen LogP contribution in [0.1, 0.15) is 21.7 Å². The summed E-state index contributed by atoms with van der Waals surface area (Å²) in [6.07, 6.45) is 3.15. The predicted molar refractivity (Wildman–Crippen MR) is 109 cm³/mol. The summed E-state index contributed by atoms with van der Waals surface area (Å²) in [5, 5.41) is 0. The number of hydrogen-bond donors (Lipinski definition) is 0. The van der Waals surface area contributed by atoms with Crippen LogP contribution in [-0.2, 0) is 6.54 Å². The first kappa shape index (κ1) is 18.2. The van der Waals surface area contributed by atoms with E-state index in [0.717, 1.165) is 11.3 Å². The Kier molecular flexibility index (Phi) is 4.35. The molecule has 152 valence electrons. The van der Waals surface area contributed by atoms with Gasteiger partial charge in [0, 0.05) is 12.1 Å². The second-order valence-electron chi connectivity index (χ2n) is 6.88. The van der Waals surface area contributed by atoms with Gasteiger partial charge in [0.1, 0.15) is 28.8 Å². The number of rotatable bonds is 4. The Morgan fingerprint density at radius 3 is 2.77 bits per heavy atom. The maximum atomic E-state index is 12.8. The van der Waals surface area contributed by atoms with Crippen LogP contribution in [-0.4, -0.2) is 26.7 Å². The molecule has 3 heterocycles. The highest BCUT2D eigenvalue weighted by molar-refractivity contribution is 6.14. The molecule has 1 aromatic heterocycles. The van der Waals surface area contributed by atoms with Gasteiger partial charge < -0.3 is 28.3 Å². The number of allylic oxidation sites excluding steroid dienone is 1. The number of carbonyl (C=O) groups excluding carboxylic acids is 1. The molecule has 0 fully saturated rings. The summed E-state index contributed by atoms with van der Waals surface area (Å²) in [7, 11) is 3.22. The number of furan rings is 1. The van der Waals surface area contributed by atoms with E-state index in [1.54, 1.807) is 44.8 Å². The van der Waals surface area contributed by atoms with Gasteiger partial charge in [0.25, 0.3) is 0 Å². The summed E-state index contributed by atoms with van der Waals surface area (Å²) >= 11 is 0. The van der Waals surface area contributed by atoms with Crippen molar-refractivity contribution in [2.24, 2.45) is 0 Å². The molecule has 0 aliphatic carbocycles. The van der Waals surface area contributed by atoms with Crippen molar-refractivity contribution < 1.29 is 28.2 Å². The fraction of sp³-hybridized carbons (Fsp3) is 0.174. The van der Waals surface area contributed by atoms with Crippen molar-refractivity contribution in [3.8, 4) is 23.0 Å². The maximum absolute atomic E-state index is 12.8. The third-order valence-corrected chi connectivity index (χ3v) is 5.17. The molecule has 2 aliphatic heterocycles. The molecule has 0 N–H and O–H groups in total. The Labute approximate surface area is 173 Å². The molecular formula is C23H19NO6. The summed E-state index contributed by atoms with van der Waals surface area (Å²) < 4.78 is 28.0. The van der Waals surface area contributed by atoms with E-state index >= 15 is 0 Å². The minimum absolute atomic E-state index is 0.177. The van der Waals surface area contributed by atoms with Crippen LogP contribution in [0.4, 0.5) is 5.69 Å². The third-order valence-electron chi connectivity index (χ3n) is 5.17. The number of Topliss-reactive ketones (excluding diaryl/α,β-unsaturated/α-hetero) is 1. The van der Waals surface area contributed by atoms with Crippen LogP contribution in [0.25, 0.3) is 6.08 Å². The molecule has 5 rings (SSSR count). The highest BCUT2D eigenvalue weighted by atomic mass is 16.5. The summed E-state index contributed by atoms with van der Waals surface area (Å²) in [5.74, 6) is 3.20. The molecule has 0 amide bonds. The summed E-state index contributed by atoms with van der Waals surface area (Å²) in [6.45, 7) is 0.847. The Morgan fingerprint density at radius 1 is 1.10 bits per heavy atom. The summed E-state index contributed by atoms with van der Waals surface area (Å²) in [5.41, 5.74) is 2.18. The quantitative estimate of drug-likeness (QED) is 0.601. The monoisotopic (exact) mass is 405 g/mol. The molecule has 3 aromatic rings. The van der Waals surface area contributed by atoms with Crippen LogP contribution in [0.15, 0.2) is 58.9 Å². The first-order valence-corrected chi connectivity index (χ1v) is 9.41. The lowest BCUT2D eigenvalue weighted by molar-refractivity contribution is 0.101. The minimum atomic E-state index is -0.177. The number of ether oxygens (including phenoxy) is 4. The van der Waals surface area contributed by atoms with Crippen LogP contribution in [0, 0.1) is 0 Å². The largest absolute Gasteiger partial charge is 0.497 e. The van der Waals surface area contributed by atoms with Gasteiger partial charge in [0.2, 0.25) is 5.78 Å². The van der Waals surface area contributed by atoms with Gasteiger partial charge in [-0.1, -0.05) is 0 Å². The van der Waals surface area contributed by atoms with Gasteiger partial charge in [0.15, 0.2) is 12.5 Å². The molecule has 0 unspecified atom stereocenters. The second-order valence-corrected chi connectivity index (χ2v) is 6.88. The van der Waals surface area contributed by atoms with Crippen LogP contribution >= 0.6 is 0 Å². The molecule has 0 bridgehead atoms. The van der Waals surface area contributed by atoms with Crippen LogP contribution < -0.4 is 23.8 Å². The molecule has 0 radical (unpaired) electrons. The van der Waals surface area contributed by atoms with E-state index in [1.807, 2.05) is 29.2 Å². The molecule has 7 heteroatoms. The molecule has 0 saturated carbocycles. The van der Waals surface area contributed by atoms with E-state index in [-0.39, 0.29) is 11.5 Å². The van der Waals surface area contributed by atoms with E-state index < -0.39 is 0 Å². The Hall–Kier alpha value is -3.87. The van der Waals surface area contributed by atoms with E-state index in [2.05, 4.69) is 0 Å². The predicted octanol–water partition coefficient (Wildman–Crippen LogP) is 4.27. The number of anilines is 1. The first-order valence-electron chi connectivity index (χ1n) is 9.41. The normalized spacial score (nSPS) is 16.0. The first-order chi connectivity index (χ1) is 14.7. The average Bonchev–Trinajstić information content (AvgIpc) is 3.41. The lowest BCUT2D eigenvalue weighted by Crippen LogP contribution is -2.32. The van der Waals surface area contributed by atoms with Gasteiger partial charge in [0.05, 0.1) is 43.8 Å². The maximum Gasteiger partial charge on any atom is 0.232 e. The van der Waals surface area contributed by atoms with Gasteiger partial charge in [-0.05, 0) is 36.4 Å². The second kappa shape index (κ2) is 7.18. The molecule has 0 spiro atoms. The van der Waals surface area contributed by atoms with E-state index in [4.69, 9.17) is 23.4 Å². The fourth-order valence-electron chi connectivity index (χ4n) is 3.66. The number of hydrogen-bond acceptors (Lipinski definition) is 7. The van der Waals surface area contributed by atoms with Crippen molar-refractivity contribution in [3.05, 3.63) is 71.4 Å². The highest BCUT2D eigenvalue weighted by Gasteiger charge is 2.34. The molecule has 30 heavy (non-hydrogen) atoms. The van der Waals surface area contributed by atoms with Crippen molar-refractivity contribution in [1.29, 1.82) is 0 Å². The SMILES string of the molecule is COc1ccc(N2COc3ccc4c(c3C2)O/C(=C\c2ccco2)C4=O)c(OC)c1.